The van der Waals surface area contributed by atoms with Crippen LogP contribution in [0.25, 0.3) is 0 Å². The zero-order valence-corrected chi connectivity index (χ0v) is 1.91. The van der Waals surface area contributed by atoms with Crippen molar-refractivity contribution in [1.82, 2.24) is 0 Å². The van der Waals surface area contributed by atoms with E-state index in [0.29, 0.717) is 0 Å². The molecular weight excluding hydrogens is 340 g/mol. The molecule has 0 aromatic rings. The minimum absolute atomic E-state index is 0. The monoisotopic (exact) mass is 349 g/mol. The predicted octanol–water partition coefficient (Wildman–Crippen LogP) is -3.28. The molecule has 0 fully saturated rings. The van der Waals surface area contributed by atoms with Gasteiger partial charge < -0.3 is 0 Å². The Morgan fingerprint density at radius 3 is 1.00 bits per heavy atom. The van der Waals surface area contributed by atoms with Gasteiger partial charge >= 0.3 is 66.9 Å². The van der Waals surface area contributed by atoms with Crippen LogP contribution >= 0.6 is 0 Å². The third-order valence-electron chi connectivity index (χ3n) is 0. The normalized spacial score (nSPS) is 0. The van der Waals surface area contributed by atoms with Gasteiger partial charge in [-0.05, 0) is 0 Å². The second-order valence-corrected chi connectivity index (χ2v) is 0. The Kier molecular flexibility index (Phi) is 106. The molecule has 1 radical (unpaired) electrons. The maximum atomic E-state index is 0. The van der Waals surface area contributed by atoms with Crippen LogP contribution in [0.4, 0.5) is 0 Å². The van der Waals surface area contributed by atoms with Crippen LogP contribution in [0.15, 0.2) is 0 Å². The molecule has 0 aliphatic heterocycles. The molecule has 0 aromatic heterocycles. The Hall–Kier alpha value is 3.41. The van der Waals surface area contributed by atoms with Gasteiger partial charge in [-0.25, -0.2) is 0 Å². The van der Waals surface area contributed by atoms with E-state index in [2.05, 4.69) is 0 Å². The molecule has 0 amide bonds. The molecule has 4 heavy (non-hydrogen) atoms. The third-order valence-corrected chi connectivity index (χ3v) is 0. The summed E-state index contributed by atoms with van der Waals surface area (Å²) in [5, 5.41) is 0. The number of rotatable bonds is 0. The number of hydrogen-bond acceptors (Lipinski definition) is 0. The topological polar surface area (TPSA) is 0 Å². The molecule has 4 heteroatoms. The van der Waals surface area contributed by atoms with Crippen LogP contribution in [-0.2, 0) is 0 Å². The van der Waals surface area contributed by atoms with Crippen molar-refractivity contribution in [2.45, 2.75) is 0 Å². The molecule has 0 aliphatic rings. The van der Waals surface area contributed by atoms with Crippen molar-refractivity contribution in [2.24, 2.45) is 0 Å². The molecule has 31 valence electrons. The molecule has 0 atom stereocenters. The average Bonchev–Trinajstić information content (AvgIpc) is 0. The summed E-state index contributed by atoms with van der Waals surface area (Å²) in [7, 11) is 0. The van der Waals surface area contributed by atoms with Gasteiger partial charge in [-0.3, -0.25) is 0 Å². The second kappa shape index (κ2) is 16.1. The Morgan fingerprint density at radius 1 is 1.00 bits per heavy atom. The van der Waals surface area contributed by atoms with Crippen molar-refractivity contribution in [2.75, 3.05) is 0 Å². The molecule has 0 heterocycles. The van der Waals surface area contributed by atoms with Crippen molar-refractivity contribution >= 4 is 66.9 Å². The van der Waals surface area contributed by atoms with E-state index in [-0.39, 0.29) is 104 Å². The minimum atomic E-state index is 0. The first kappa shape index (κ1) is 26.2. The Labute approximate surface area is 101 Å². The maximum absolute atomic E-state index is 0. The summed E-state index contributed by atoms with van der Waals surface area (Å²) < 4.78 is 0. The van der Waals surface area contributed by atoms with Gasteiger partial charge in [-0.2, -0.15) is 0 Å². The molecular formula is H8GaGeLuNa. The molecule has 0 saturated carbocycles. The van der Waals surface area contributed by atoms with E-state index in [1.54, 1.807) is 0 Å². The van der Waals surface area contributed by atoms with E-state index in [4.69, 9.17) is 0 Å². The Morgan fingerprint density at radius 2 is 1.00 bits per heavy atom. The molecule has 0 saturated heterocycles. The summed E-state index contributed by atoms with van der Waals surface area (Å²) in [6, 6.07) is 0. The quantitative estimate of drug-likeness (QED) is 0.403. The van der Waals surface area contributed by atoms with Gasteiger partial charge in [0.2, 0.25) is 0 Å². The van der Waals surface area contributed by atoms with E-state index in [1.807, 2.05) is 0 Å². The summed E-state index contributed by atoms with van der Waals surface area (Å²) in [5.41, 5.74) is 0. The zero-order chi connectivity index (χ0) is 0. The molecule has 0 unspecified atom stereocenters. The van der Waals surface area contributed by atoms with Gasteiger partial charge in [0.25, 0.3) is 0 Å². The van der Waals surface area contributed by atoms with Crippen molar-refractivity contribution in [3.05, 3.63) is 0 Å². The van der Waals surface area contributed by atoms with Crippen molar-refractivity contribution in [3.8, 4) is 0 Å². The summed E-state index contributed by atoms with van der Waals surface area (Å²) >= 11 is 0. The van der Waals surface area contributed by atoms with Crippen molar-refractivity contribution in [3.63, 3.8) is 0 Å². The summed E-state index contributed by atoms with van der Waals surface area (Å²) in [5.74, 6) is 0. The first-order chi connectivity index (χ1) is 0. The van der Waals surface area contributed by atoms with E-state index < -0.39 is 0 Å². The van der Waals surface area contributed by atoms with Crippen LogP contribution in [-0.4, -0.2) is 66.9 Å². The second-order valence-electron chi connectivity index (χ2n) is 0. The Bertz CT molecular complexity index is 8.00. The SMILES string of the molecule is [GaH3].[GeH4].[Lu].[NaH]. The van der Waals surface area contributed by atoms with Crippen molar-refractivity contribution < 1.29 is 36.9 Å². The van der Waals surface area contributed by atoms with Crippen LogP contribution in [0.5, 0.6) is 0 Å². The Balaban J connectivity index is 0. The van der Waals surface area contributed by atoms with Crippen molar-refractivity contribution in [1.29, 1.82) is 0 Å². The van der Waals surface area contributed by atoms with Crippen LogP contribution in [0.2, 0.25) is 0 Å². The fourth-order valence-electron chi connectivity index (χ4n) is 0. The summed E-state index contributed by atoms with van der Waals surface area (Å²) in [4.78, 5) is 0. The standard InChI is InChI=1S/Ga.GeH4.Lu.Na.4H/h;1H4;;;;;;. The van der Waals surface area contributed by atoms with E-state index in [9.17, 15) is 0 Å². The molecule has 0 rings (SSSR count). The fourth-order valence-corrected chi connectivity index (χ4v) is 0. The zero-order valence-electron chi connectivity index (χ0n) is 0.258. The van der Waals surface area contributed by atoms with Gasteiger partial charge in [-0.15, -0.1) is 0 Å². The third kappa shape index (κ3) is 9.05. The van der Waals surface area contributed by atoms with Crippen LogP contribution < -0.4 is 0 Å². The first-order valence-electron chi connectivity index (χ1n) is 0. The predicted molar refractivity (Wildman–Crippen MR) is 28.4 cm³/mol. The molecule has 0 spiro atoms. The van der Waals surface area contributed by atoms with Gasteiger partial charge in [0.05, 0.1) is 0 Å². The van der Waals surface area contributed by atoms with E-state index in [0.717, 1.165) is 0 Å². The first-order valence-corrected chi connectivity index (χ1v) is 0. The molecule has 0 nitrogen and oxygen atoms in total. The van der Waals surface area contributed by atoms with E-state index >= 15 is 0 Å². The van der Waals surface area contributed by atoms with Gasteiger partial charge in [0.1, 0.15) is 0 Å². The fraction of sp³-hybridized carbons (Fsp3) is 0. The van der Waals surface area contributed by atoms with Crippen LogP contribution in [0.1, 0.15) is 0 Å². The molecule has 0 aromatic carbocycles. The van der Waals surface area contributed by atoms with Crippen LogP contribution in [0.3, 0.4) is 0 Å². The number of hydrogen-bond donors (Lipinski definition) is 0. The molecule has 0 N–H and O–H groups in total. The van der Waals surface area contributed by atoms with Gasteiger partial charge in [-0.1, -0.05) is 0 Å². The average molecular weight is 348 g/mol. The van der Waals surface area contributed by atoms with Crippen LogP contribution in [0, 0.1) is 36.9 Å². The molecule has 0 aliphatic carbocycles. The molecule has 0 bridgehead atoms. The van der Waals surface area contributed by atoms with E-state index in [1.165, 1.54) is 0 Å². The summed E-state index contributed by atoms with van der Waals surface area (Å²) in [6.07, 6.45) is 0. The van der Waals surface area contributed by atoms with Gasteiger partial charge in [0, 0.05) is 36.9 Å². The van der Waals surface area contributed by atoms with Gasteiger partial charge in [0.15, 0.2) is 0 Å². The summed E-state index contributed by atoms with van der Waals surface area (Å²) in [6.45, 7) is 0.